The van der Waals surface area contributed by atoms with Crippen LogP contribution in [-0.2, 0) is 0 Å². The lowest BCUT2D eigenvalue weighted by atomic mass is 10.1. The Morgan fingerprint density at radius 2 is 1.72 bits per heavy atom. The normalized spacial score (nSPS) is 10.4. The third-order valence-electron chi connectivity index (χ3n) is 3.20. The second-order valence-electron chi connectivity index (χ2n) is 4.56. The van der Waals surface area contributed by atoms with E-state index in [1.807, 2.05) is 19.1 Å². The molecule has 2 rings (SSSR count). The molecule has 2 nitrogen and oxygen atoms in total. The van der Waals surface area contributed by atoms with Gasteiger partial charge in [-0.05, 0) is 55.7 Å². The lowest BCUT2D eigenvalue weighted by Gasteiger charge is -2.14. The molecule has 0 saturated heterocycles. The van der Waals surface area contributed by atoms with Gasteiger partial charge >= 0.3 is 0 Å². The molecule has 0 radical (unpaired) electrons. The van der Waals surface area contributed by atoms with Crippen LogP contribution in [-0.4, -0.2) is 0 Å². The number of hydrogen-bond donors (Lipinski definition) is 2. The molecule has 0 amide bonds. The van der Waals surface area contributed by atoms with Crippen molar-refractivity contribution in [3.8, 4) is 0 Å². The van der Waals surface area contributed by atoms with Crippen molar-refractivity contribution in [3.63, 3.8) is 0 Å². The molecule has 3 heteroatoms. The minimum atomic E-state index is -0.279. The topological polar surface area (TPSA) is 38.0 Å². The Morgan fingerprint density at radius 3 is 2.44 bits per heavy atom. The first-order valence-corrected chi connectivity index (χ1v) is 5.88. The van der Waals surface area contributed by atoms with E-state index in [1.54, 1.807) is 13.0 Å². The van der Waals surface area contributed by atoms with E-state index in [9.17, 15) is 4.39 Å². The van der Waals surface area contributed by atoms with Crippen molar-refractivity contribution in [1.29, 1.82) is 0 Å². The summed E-state index contributed by atoms with van der Waals surface area (Å²) in [4.78, 5) is 0. The fourth-order valence-electron chi connectivity index (χ4n) is 1.84. The summed E-state index contributed by atoms with van der Waals surface area (Å²) in [6.45, 7) is 5.83. The summed E-state index contributed by atoms with van der Waals surface area (Å²) in [7, 11) is 0. The Labute approximate surface area is 107 Å². The molecule has 0 fully saturated rings. The van der Waals surface area contributed by atoms with E-state index in [0.717, 1.165) is 11.4 Å². The quantitative estimate of drug-likeness (QED) is 0.781. The van der Waals surface area contributed by atoms with Gasteiger partial charge in [0.15, 0.2) is 0 Å². The van der Waals surface area contributed by atoms with Crippen molar-refractivity contribution >= 4 is 17.1 Å². The number of hydrogen-bond acceptors (Lipinski definition) is 2. The van der Waals surface area contributed by atoms with Crippen LogP contribution in [0.3, 0.4) is 0 Å². The van der Waals surface area contributed by atoms with Crippen molar-refractivity contribution in [2.45, 2.75) is 20.8 Å². The molecule has 0 aliphatic heterocycles. The minimum Gasteiger partial charge on any atom is -0.397 e. The zero-order valence-corrected chi connectivity index (χ0v) is 10.8. The highest BCUT2D eigenvalue weighted by Crippen LogP contribution is 2.28. The first kappa shape index (κ1) is 12.4. The van der Waals surface area contributed by atoms with Gasteiger partial charge in [0.25, 0.3) is 0 Å². The number of rotatable bonds is 2. The maximum atomic E-state index is 13.3. The summed E-state index contributed by atoms with van der Waals surface area (Å²) in [5.41, 5.74) is 10.9. The Bertz CT molecular complexity index is 591. The highest BCUT2D eigenvalue weighted by molar-refractivity contribution is 5.75. The molecule has 0 aliphatic rings. The van der Waals surface area contributed by atoms with Crippen LogP contribution in [0.2, 0.25) is 0 Å². The van der Waals surface area contributed by atoms with Crippen LogP contribution >= 0.6 is 0 Å². The number of nitrogens with one attached hydrogen (secondary N) is 1. The fraction of sp³-hybridized carbons (Fsp3) is 0.200. The third-order valence-corrected chi connectivity index (χ3v) is 3.20. The van der Waals surface area contributed by atoms with E-state index in [0.29, 0.717) is 11.3 Å². The molecular weight excluding hydrogens is 227 g/mol. The van der Waals surface area contributed by atoms with Crippen LogP contribution in [0.4, 0.5) is 21.5 Å². The molecule has 18 heavy (non-hydrogen) atoms. The molecule has 0 bridgehead atoms. The summed E-state index contributed by atoms with van der Waals surface area (Å²) in [5, 5.41) is 3.26. The van der Waals surface area contributed by atoms with Crippen molar-refractivity contribution in [3.05, 3.63) is 52.8 Å². The zero-order chi connectivity index (χ0) is 13.3. The largest absolute Gasteiger partial charge is 0.397 e. The number of aryl methyl sites for hydroxylation is 2. The molecule has 2 aromatic carbocycles. The second-order valence-corrected chi connectivity index (χ2v) is 4.56. The van der Waals surface area contributed by atoms with Gasteiger partial charge in [-0.15, -0.1) is 0 Å². The van der Waals surface area contributed by atoms with Crippen molar-refractivity contribution in [1.82, 2.24) is 0 Å². The molecule has 3 N–H and O–H groups in total. The Balaban J connectivity index is 2.40. The zero-order valence-electron chi connectivity index (χ0n) is 10.8. The predicted octanol–water partition coefficient (Wildman–Crippen LogP) is 4.08. The van der Waals surface area contributed by atoms with Gasteiger partial charge in [-0.2, -0.15) is 0 Å². The van der Waals surface area contributed by atoms with Gasteiger partial charge in [0, 0.05) is 5.69 Å². The molecule has 94 valence electrons. The van der Waals surface area contributed by atoms with Crippen molar-refractivity contribution in [2.24, 2.45) is 0 Å². The van der Waals surface area contributed by atoms with E-state index < -0.39 is 0 Å². The molecule has 0 aromatic heterocycles. The molecule has 0 aliphatic carbocycles. The van der Waals surface area contributed by atoms with Crippen LogP contribution < -0.4 is 11.1 Å². The lowest BCUT2D eigenvalue weighted by Crippen LogP contribution is -2.00. The van der Waals surface area contributed by atoms with Gasteiger partial charge in [0.05, 0.1) is 11.4 Å². The second kappa shape index (κ2) is 4.69. The fourth-order valence-corrected chi connectivity index (χ4v) is 1.84. The predicted molar refractivity (Wildman–Crippen MR) is 74.7 cm³/mol. The molecule has 0 atom stereocenters. The van der Waals surface area contributed by atoms with Crippen molar-refractivity contribution in [2.75, 3.05) is 11.1 Å². The van der Waals surface area contributed by atoms with Crippen LogP contribution in [0.25, 0.3) is 0 Å². The molecule has 0 spiro atoms. The van der Waals surface area contributed by atoms with Gasteiger partial charge < -0.3 is 11.1 Å². The third kappa shape index (κ3) is 2.30. The van der Waals surface area contributed by atoms with Crippen LogP contribution in [0.5, 0.6) is 0 Å². The van der Waals surface area contributed by atoms with Gasteiger partial charge in [0.2, 0.25) is 0 Å². The Morgan fingerprint density at radius 1 is 1.00 bits per heavy atom. The Hall–Kier alpha value is -2.03. The highest BCUT2D eigenvalue weighted by Gasteiger charge is 2.07. The lowest BCUT2D eigenvalue weighted by molar-refractivity contribution is 0.619. The molecule has 0 heterocycles. The smallest absolute Gasteiger partial charge is 0.128 e. The standard InChI is InChI=1S/C15H17FN2/c1-9-5-4-6-14(11(9)3)18-15-7-10(2)12(16)8-13(15)17/h4-8,18H,17H2,1-3H3. The highest BCUT2D eigenvalue weighted by atomic mass is 19.1. The monoisotopic (exact) mass is 244 g/mol. The van der Waals surface area contributed by atoms with Crippen molar-refractivity contribution < 1.29 is 4.39 Å². The minimum absolute atomic E-state index is 0.279. The molecule has 0 unspecified atom stereocenters. The first-order chi connectivity index (χ1) is 8.49. The van der Waals surface area contributed by atoms with E-state index >= 15 is 0 Å². The van der Waals surface area contributed by atoms with Crippen LogP contribution in [0.15, 0.2) is 30.3 Å². The SMILES string of the molecule is Cc1cc(Nc2cccc(C)c2C)c(N)cc1F. The molecule has 2 aromatic rings. The van der Waals surface area contributed by atoms with E-state index in [-0.39, 0.29) is 5.82 Å². The summed E-state index contributed by atoms with van der Waals surface area (Å²) >= 11 is 0. The average Bonchev–Trinajstić information content (AvgIpc) is 2.32. The summed E-state index contributed by atoms with van der Waals surface area (Å²) < 4.78 is 13.3. The maximum absolute atomic E-state index is 13.3. The average molecular weight is 244 g/mol. The molecular formula is C15H17FN2. The number of nitrogens with two attached hydrogens (primary N) is 1. The van der Waals surface area contributed by atoms with E-state index in [2.05, 4.69) is 18.3 Å². The van der Waals surface area contributed by atoms with Gasteiger partial charge in [-0.3, -0.25) is 0 Å². The van der Waals surface area contributed by atoms with E-state index in [4.69, 9.17) is 5.73 Å². The summed E-state index contributed by atoms with van der Waals surface area (Å²) in [6.07, 6.45) is 0. The first-order valence-electron chi connectivity index (χ1n) is 5.88. The number of benzene rings is 2. The number of halogens is 1. The summed E-state index contributed by atoms with van der Waals surface area (Å²) in [5.74, 6) is -0.279. The Kier molecular flexibility index (Phi) is 3.24. The van der Waals surface area contributed by atoms with Gasteiger partial charge in [0.1, 0.15) is 5.82 Å². The summed E-state index contributed by atoms with van der Waals surface area (Å²) in [6, 6.07) is 9.10. The van der Waals surface area contributed by atoms with Gasteiger partial charge in [-0.25, -0.2) is 4.39 Å². The van der Waals surface area contributed by atoms with Crippen LogP contribution in [0.1, 0.15) is 16.7 Å². The van der Waals surface area contributed by atoms with Gasteiger partial charge in [-0.1, -0.05) is 12.1 Å². The van der Waals surface area contributed by atoms with E-state index in [1.165, 1.54) is 17.2 Å². The number of nitrogen functional groups attached to an aromatic ring is 1. The number of anilines is 3. The van der Waals surface area contributed by atoms with Crippen LogP contribution in [0, 0.1) is 26.6 Å². The molecule has 0 saturated carbocycles. The maximum Gasteiger partial charge on any atom is 0.128 e.